The fraction of sp³-hybridized carbons (Fsp3) is 1.00. The summed E-state index contributed by atoms with van der Waals surface area (Å²) in [5.74, 6) is -0.0779. The van der Waals surface area contributed by atoms with E-state index in [-0.39, 0.29) is 33.1 Å². The second kappa shape index (κ2) is 19.2. The summed E-state index contributed by atoms with van der Waals surface area (Å²) in [6, 6.07) is 0. The van der Waals surface area contributed by atoms with Gasteiger partial charge in [0.2, 0.25) is 0 Å². The van der Waals surface area contributed by atoms with E-state index in [1.54, 1.807) is 0 Å². The number of hydrogen-bond acceptors (Lipinski definition) is 2. The van der Waals surface area contributed by atoms with Crippen LogP contribution in [0.2, 0.25) is 0 Å². The third kappa shape index (κ3) is 25.2. The van der Waals surface area contributed by atoms with Gasteiger partial charge < -0.3 is 0 Å². The summed E-state index contributed by atoms with van der Waals surface area (Å²) in [6.07, 6.45) is 20.3. The Balaban J connectivity index is 0. The van der Waals surface area contributed by atoms with Gasteiger partial charge in [-0.25, -0.2) is 0 Å². The fourth-order valence-electron chi connectivity index (χ4n) is 2.83. The first-order valence-electron chi connectivity index (χ1n) is 9.51. The van der Waals surface area contributed by atoms with Crippen LogP contribution in [-0.2, 0) is 37.4 Å². The molecule has 0 fully saturated rings. The molecule has 0 heterocycles. The van der Waals surface area contributed by atoms with Crippen molar-refractivity contribution in [2.45, 2.75) is 110 Å². The topological polar surface area (TPSA) is 54.4 Å². The standard InChI is InChI=1S/C18H38O3S.Cd/c1-2-3-4-5-6-7-8-9-10-11-12-13-14-15-16-17-18-22(19,20)21;/h2-18H2,1H3,(H,19,20,21);. The van der Waals surface area contributed by atoms with Gasteiger partial charge in [0.1, 0.15) is 0 Å². The van der Waals surface area contributed by atoms with Crippen molar-refractivity contribution in [1.29, 1.82) is 0 Å². The molecule has 0 radical (unpaired) electrons. The molecule has 0 aliphatic heterocycles. The molecule has 0 aromatic carbocycles. The van der Waals surface area contributed by atoms with Crippen LogP contribution in [0.5, 0.6) is 0 Å². The van der Waals surface area contributed by atoms with E-state index in [1.807, 2.05) is 0 Å². The van der Waals surface area contributed by atoms with Gasteiger partial charge in [-0.15, -0.1) is 0 Å². The maximum atomic E-state index is 10.5. The van der Waals surface area contributed by atoms with E-state index in [2.05, 4.69) is 6.92 Å². The van der Waals surface area contributed by atoms with E-state index in [9.17, 15) is 8.42 Å². The number of hydrogen-bond donors (Lipinski definition) is 1. The normalized spacial score (nSPS) is 11.4. The molecule has 0 aliphatic carbocycles. The van der Waals surface area contributed by atoms with E-state index in [0.717, 1.165) is 12.8 Å². The van der Waals surface area contributed by atoms with Gasteiger partial charge in [0.05, 0.1) is 5.75 Å². The first-order valence-corrected chi connectivity index (χ1v) is 11.1. The second-order valence-electron chi connectivity index (χ2n) is 6.59. The minimum Gasteiger partial charge on any atom is -0.286 e. The Labute approximate surface area is 165 Å². The van der Waals surface area contributed by atoms with Gasteiger partial charge in [-0.3, -0.25) is 4.55 Å². The van der Waals surface area contributed by atoms with E-state index in [1.165, 1.54) is 83.5 Å². The molecule has 0 aliphatic rings. The summed E-state index contributed by atoms with van der Waals surface area (Å²) in [5, 5.41) is 0. The molecule has 0 spiro atoms. The van der Waals surface area contributed by atoms with Crippen molar-refractivity contribution >= 4 is 10.1 Å². The monoisotopic (exact) mass is 448 g/mol. The minimum absolute atomic E-state index is 0. The zero-order valence-corrected chi connectivity index (χ0v) is 20.3. The Kier molecular flexibility index (Phi) is 21.7. The Hall–Kier alpha value is 0.832. The van der Waals surface area contributed by atoms with Crippen molar-refractivity contribution in [3.05, 3.63) is 0 Å². The first kappa shape index (κ1) is 26.1. The van der Waals surface area contributed by atoms with Crippen molar-refractivity contribution in [2.75, 3.05) is 5.75 Å². The maximum absolute atomic E-state index is 10.5. The van der Waals surface area contributed by atoms with Gasteiger partial charge >= 0.3 is 0 Å². The average molecular weight is 447 g/mol. The summed E-state index contributed by atoms with van der Waals surface area (Å²) in [6.45, 7) is 2.26. The molecule has 0 aromatic rings. The molecule has 0 aromatic heterocycles. The Morgan fingerprint density at radius 2 is 0.826 bits per heavy atom. The van der Waals surface area contributed by atoms with Crippen molar-refractivity contribution in [1.82, 2.24) is 0 Å². The van der Waals surface area contributed by atoms with Crippen LogP contribution in [0.15, 0.2) is 0 Å². The zero-order chi connectivity index (χ0) is 16.5. The van der Waals surface area contributed by atoms with Crippen LogP contribution in [0.1, 0.15) is 110 Å². The van der Waals surface area contributed by atoms with Crippen LogP contribution in [0.3, 0.4) is 0 Å². The maximum Gasteiger partial charge on any atom is 0.264 e. The van der Waals surface area contributed by atoms with Crippen LogP contribution in [0.4, 0.5) is 0 Å². The summed E-state index contributed by atoms with van der Waals surface area (Å²) in [4.78, 5) is 0. The Morgan fingerprint density at radius 1 is 0.565 bits per heavy atom. The third-order valence-electron chi connectivity index (χ3n) is 4.26. The Morgan fingerprint density at radius 3 is 1.09 bits per heavy atom. The molecule has 0 atom stereocenters. The first-order chi connectivity index (χ1) is 10.6. The molecule has 3 nitrogen and oxygen atoms in total. The molecule has 0 bridgehead atoms. The molecule has 23 heavy (non-hydrogen) atoms. The summed E-state index contributed by atoms with van der Waals surface area (Å²) < 4.78 is 29.7. The van der Waals surface area contributed by atoms with Crippen molar-refractivity contribution < 1.29 is 40.3 Å². The van der Waals surface area contributed by atoms with Crippen LogP contribution < -0.4 is 0 Å². The zero-order valence-electron chi connectivity index (χ0n) is 15.4. The third-order valence-corrected chi connectivity index (χ3v) is 5.06. The average Bonchev–Trinajstić information content (AvgIpc) is 2.45. The van der Waals surface area contributed by atoms with Gasteiger partial charge in [0.15, 0.2) is 0 Å². The van der Waals surface area contributed by atoms with Crippen LogP contribution >= 0.6 is 0 Å². The van der Waals surface area contributed by atoms with Crippen molar-refractivity contribution in [3.8, 4) is 0 Å². The molecule has 0 saturated carbocycles. The fourth-order valence-corrected chi connectivity index (χ4v) is 3.40. The van der Waals surface area contributed by atoms with E-state index in [0.29, 0.717) is 6.42 Å². The minimum atomic E-state index is -3.74. The van der Waals surface area contributed by atoms with E-state index < -0.39 is 10.1 Å². The van der Waals surface area contributed by atoms with E-state index in [4.69, 9.17) is 4.55 Å². The quantitative estimate of drug-likeness (QED) is 0.166. The van der Waals surface area contributed by atoms with Gasteiger partial charge in [0.25, 0.3) is 10.1 Å². The molecule has 0 rings (SSSR count). The predicted octanol–water partition coefficient (Wildman–Crippen LogP) is 6.13. The SMILES string of the molecule is CCCCCCCCCCCCCCCCCCS(=O)(=O)O.[Cd]. The molecule has 136 valence electrons. The number of rotatable bonds is 17. The molecule has 1 N–H and O–H groups in total. The van der Waals surface area contributed by atoms with Crippen molar-refractivity contribution in [2.24, 2.45) is 0 Å². The van der Waals surface area contributed by atoms with Crippen LogP contribution in [0.25, 0.3) is 0 Å². The van der Waals surface area contributed by atoms with Gasteiger partial charge in [-0.05, 0) is 6.42 Å². The molecule has 0 unspecified atom stereocenters. The molecular weight excluding hydrogens is 409 g/mol. The largest absolute Gasteiger partial charge is 0.286 e. The summed E-state index contributed by atoms with van der Waals surface area (Å²) >= 11 is 0. The second-order valence-corrected chi connectivity index (χ2v) is 8.16. The van der Waals surface area contributed by atoms with Crippen molar-refractivity contribution in [3.63, 3.8) is 0 Å². The van der Waals surface area contributed by atoms with Crippen LogP contribution in [0, 0.1) is 0 Å². The number of unbranched alkanes of at least 4 members (excludes halogenated alkanes) is 15. The molecule has 5 heteroatoms. The molecular formula is C18H38CdO3S. The van der Waals surface area contributed by atoms with Gasteiger partial charge in [0, 0.05) is 27.3 Å². The van der Waals surface area contributed by atoms with Gasteiger partial charge in [-0.1, -0.05) is 103 Å². The van der Waals surface area contributed by atoms with Gasteiger partial charge in [-0.2, -0.15) is 8.42 Å². The predicted molar refractivity (Wildman–Crippen MR) is 96.0 cm³/mol. The Bertz CT molecular complexity index is 318. The smallest absolute Gasteiger partial charge is 0.264 e. The van der Waals surface area contributed by atoms with E-state index >= 15 is 0 Å². The summed E-state index contributed by atoms with van der Waals surface area (Å²) in [7, 11) is -3.74. The molecule has 0 amide bonds. The molecule has 0 saturated heterocycles. The summed E-state index contributed by atoms with van der Waals surface area (Å²) in [5.41, 5.74) is 0. The van der Waals surface area contributed by atoms with Crippen LogP contribution in [-0.4, -0.2) is 18.7 Å².